The monoisotopic (exact) mass is 530 g/mol. The third-order valence-electron chi connectivity index (χ3n) is 4.75. The molecule has 184 valence electrons. The van der Waals surface area contributed by atoms with Crippen LogP contribution >= 0.6 is 23.1 Å². The molecular weight excluding hydrogens is 504 g/mol. The summed E-state index contributed by atoms with van der Waals surface area (Å²) in [5.74, 6) is 0. The van der Waals surface area contributed by atoms with E-state index in [1.165, 1.54) is 35.5 Å². The maximum atomic E-state index is 13.6. The lowest BCUT2D eigenvalue weighted by molar-refractivity contribution is 0.0565. The number of aryl methyl sites for hydroxylation is 1. The molecule has 0 aliphatic carbocycles. The molecule has 35 heavy (non-hydrogen) atoms. The van der Waals surface area contributed by atoms with E-state index in [0.717, 1.165) is 17.4 Å². The van der Waals surface area contributed by atoms with Crippen LogP contribution in [0.25, 0.3) is 11.1 Å². The quantitative estimate of drug-likeness (QED) is 0.167. The highest BCUT2D eigenvalue weighted by Gasteiger charge is 2.25. The molecular formula is C25H26N2O5S3. The molecule has 3 rings (SSSR count). The number of nitrogens with zero attached hydrogens (tertiary/aromatic N) is 1. The van der Waals surface area contributed by atoms with E-state index in [9.17, 15) is 18.0 Å². The fourth-order valence-electron chi connectivity index (χ4n) is 3.18. The molecule has 0 unspecified atom stereocenters. The fourth-order valence-corrected chi connectivity index (χ4v) is 7.05. The molecule has 0 spiro atoms. The Bertz CT molecular complexity index is 1390. The van der Waals surface area contributed by atoms with E-state index < -0.39 is 21.5 Å². The van der Waals surface area contributed by atoms with Crippen LogP contribution < -0.4 is 5.32 Å². The van der Waals surface area contributed by atoms with Gasteiger partial charge in [0.25, 0.3) is 0 Å². The van der Waals surface area contributed by atoms with Gasteiger partial charge in [-0.15, -0.1) is 23.1 Å². The SMILES string of the molecule is CSc1sc(/N=C/NC(=O)OC(C)(C)C)cc1S(=O)(=O)c1cccc(-c2cc(C=O)ccc2C)c1. The Kier molecular flexibility index (Phi) is 8.19. The van der Waals surface area contributed by atoms with Gasteiger partial charge in [-0.25, -0.2) is 18.2 Å². The Labute approximate surface area is 213 Å². The molecule has 0 bridgehead atoms. The average Bonchev–Trinajstić information content (AvgIpc) is 3.22. The first-order chi connectivity index (χ1) is 16.4. The summed E-state index contributed by atoms with van der Waals surface area (Å²) >= 11 is 2.52. The summed E-state index contributed by atoms with van der Waals surface area (Å²) < 4.78 is 32.8. The number of alkyl carbamates (subject to hydrolysis) is 1. The van der Waals surface area contributed by atoms with Crippen molar-refractivity contribution in [1.82, 2.24) is 5.32 Å². The number of hydrogen-bond acceptors (Lipinski definition) is 8. The number of hydrogen-bond donors (Lipinski definition) is 1. The van der Waals surface area contributed by atoms with Gasteiger partial charge in [0.2, 0.25) is 9.84 Å². The summed E-state index contributed by atoms with van der Waals surface area (Å²) in [4.78, 5) is 27.5. The first-order valence-electron chi connectivity index (χ1n) is 10.6. The molecule has 0 aliphatic heterocycles. The van der Waals surface area contributed by atoms with E-state index >= 15 is 0 Å². The average molecular weight is 531 g/mol. The highest BCUT2D eigenvalue weighted by molar-refractivity contribution is 8.01. The molecule has 3 aromatic rings. The van der Waals surface area contributed by atoms with E-state index in [1.807, 2.05) is 19.1 Å². The Morgan fingerprint density at radius 3 is 2.54 bits per heavy atom. The Hall–Kier alpha value is -2.95. The molecule has 0 saturated carbocycles. The number of carbonyl (C=O) groups is 2. The van der Waals surface area contributed by atoms with Crippen molar-refractivity contribution in [3.63, 3.8) is 0 Å². The van der Waals surface area contributed by atoms with Crippen molar-refractivity contribution >= 4 is 56.7 Å². The number of rotatable bonds is 7. The molecule has 2 aromatic carbocycles. The standard InChI is InChI=1S/C25H26N2O5S3/c1-16-9-10-17(14-28)11-20(16)18-7-6-8-19(12-18)35(30,31)21-13-22(34-23(21)33-5)26-15-27-24(29)32-25(2,3)4/h6-15H,1-5H3,(H,26,27,29). The van der Waals surface area contributed by atoms with Crippen molar-refractivity contribution in [3.8, 4) is 11.1 Å². The summed E-state index contributed by atoms with van der Waals surface area (Å²) in [5.41, 5.74) is 2.30. The minimum absolute atomic E-state index is 0.140. The van der Waals surface area contributed by atoms with Crippen LogP contribution in [-0.4, -0.2) is 39.0 Å². The Morgan fingerprint density at radius 1 is 1.14 bits per heavy atom. The van der Waals surface area contributed by atoms with Crippen LogP contribution in [0.4, 0.5) is 9.80 Å². The fraction of sp³-hybridized carbons (Fsp3) is 0.240. The molecule has 7 nitrogen and oxygen atoms in total. The van der Waals surface area contributed by atoms with Gasteiger partial charge in [-0.3, -0.25) is 10.1 Å². The van der Waals surface area contributed by atoms with Gasteiger partial charge in [-0.1, -0.05) is 24.3 Å². The number of sulfone groups is 1. The molecule has 1 amide bonds. The number of thioether (sulfide) groups is 1. The predicted octanol–water partition coefficient (Wildman–Crippen LogP) is 6.28. The van der Waals surface area contributed by atoms with Gasteiger partial charge in [0.1, 0.15) is 16.9 Å². The van der Waals surface area contributed by atoms with E-state index in [1.54, 1.807) is 57.4 Å². The molecule has 1 aromatic heterocycles. The molecule has 0 saturated heterocycles. The van der Waals surface area contributed by atoms with Crippen molar-refractivity contribution < 1.29 is 22.7 Å². The normalized spacial score (nSPS) is 12.0. The third kappa shape index (κ3) is 6.59. The summed E-state index contributed by atoms with van der Waals surface area (Å²) in [5, 5.41) is 2.84. The molecule has 0 aliphatic rings. The molecule has 0 radical (unpaired) electrons. The summed E-state index contributed by atoms with van der Waals surface area (Å²) in [6.45, 7) is 7.16. The van der Waals surface area contributed by atoms with E-state index in [4.69, 9.17) is 4.74 Å². The number of benzene rings is 2. The maximum Gasteiger partial charge on any atom is 0.412 e. The minimum atomic E-state index is -3.85. The zero-order chi connectivity index (χ0) is 25.8. The summed E-state index contributed by atoms with van der Waals surface area (Å²) in [6, 6.07) is 13.5. The van der Waals surface area contributed by atoms with Crippen LogP contribution in [0.2, 0.25) is 0 Å². The van der Waals surface area contributed by atoms with Gasteiger partial charge in [-0.2, -0.15) is 0 Å². The highest BCUT2D eigenvalue weighted by Crippen LogP contribution is 2.41. The second kappa shape index (κ2) is 10.8. The number of carbonyl (C=O) groups excluding carboxylic acids is 2. The van der Waals surface area contributed by atoms with Crippen LogP contribution in [0.5, 0.6) is 0 Å². The molecule has 0 atom stereocenters. The lowest BCUT2D eigenvalue weighted by atomic mass is 9.98. The van der Waals surface area contributed by atoms with Gasteiger partial charge in [-0.05, 0) is 74.9 Å². The summed E-state index contributed by atoms with van der Waals surface area (Å²) in [6.07, 6.45) is 3.09. The highest BCUT2D eigenvalue weighted by atomic mass is 32.2. The Morgan fingerprint density at radius 2 is 1.89 bits per heavy atom. The first-order valence-corrected chi connectivity index (χ1v) is 14.1. The van der Waals surface area contributed by atoms with Crippen molar-refractivity contribution in [1.29, 1.82) is 0 Å². The molecule has 10 heteroatoms. The van der Waals surface area contributed by atoms with Crippen molar-refractivity contribution in [2.45, 2.75) is 47.3 Å². The Balaban J connectivity index is 1.92. The van der Waals surface area contributed by atoms with Gasteiger partial charge in [0.15, 0.2) is 0 Å². The number of thiophene rings is 1. The van der Waals surface area contributed by atoms with Crippen LogP contribution in [0, 0.1) is 6.92 Å². The van der Waals surface area contributed by atoms with Crippen molar-refractivity contribution in [2.24, 2.45) is 4.99 Å². The number of ether oxygens (including phenoxy) is 1. The lowest BCUT2D eigenvalue weighted by Gasteiger charge is -2.18. The van der Waals surface area contributed by atoms with E-state index in [0.29, 0.717) is 20.3 Å². The lowest BCUT2D eigenvalue weighted by Crippen LogP contribution is -2.31. The van der Waals surface area contributed by atoms with Crippen LogP contribution in [-0.2, 0) is 14.6 Å². The van der Waals surface area contributed by atoms with Crippen LogP contribution in [0.3, 0.4) is 0 Å². The van der Waals surface area contributed by atoms with Gasteiger partial charge >= 0.3 is 6.09 Å². The van der Waals surface area contributed by atoms with Gasteiger partial charge in [0.05, 0.1) is 20.3 Å². The zero-order valence-electron chi connectivity index (χ0n) is 20.0. The number of aldehydes is 1. The number of aliphatic imine (C=N–C) groups is 1. The smallest absolute Gasteiger partial charge is 0.412 e. The van der Waals surface area contributed by atoms with Crippen LogP contribution in [0.1, 0.15) is 36.7 Å². The first kappa shape index (κ1) is 26.7. The predicted molar refractivity (Wildman–Crippen MR) is 141 cm³/mol. The third-order valence-corrected chi connectivity index (χ3v) is 8.97. The molecule has 1 heterocycles. The zero-order valence-corrected chi connectivity index (χ0v) is 22.4. The second-order valence-corrected chi connectivity index (χ2v) is 12.6. The topological polar surface area (TPSA) is 102 Å². The summed E-state index contributed by atoms with van der Waals surface area (Å²) in [7, 11) is -3.85. The van der Waals surface area contributed by atoms with Crippen molar-refractivity contribution in [3.05, 3.63) is 59.7 Å². The molecule has 1 N–H and O–H groups in total. The second-order valence-electron chi connectivity index (χ2n) is 8.57. The van der Waals surface area contributed by atoms with Gasteiger partial charge in [0, 0.05) is 5.56 Å². The maximum absolute atomic E-state index is 13.6. The van der Waals surface area contributed by atoms with E-state index in [-0.39, 0.29) is 9.79 Å². The largest absolute Gasteiger partial charge is 0.444 e. The minimum Gasteiger partial charge on any atom is -0.444 e. The van der Waals surface area contributed by atoms with E-state index in [2.05, 4.69) is 10.3 Å². The van der Waals surface area contributed by atoms with Gasteiger partial charge < -0.3 is 4.74 Å². The number of amides is 1. The van der Waals surface area contributed by atoms with Crippen molar-refractivity contribution in [2.75, 3.05) is 6.26 Å². The molecule has 0 fully saturated rings. The van der Waals surface area contributed by atoms with Crippen LogP contribution in [0.15, 0.2) is 67.5 Å². The number of nitrogens with one attached hydrogen (secondary N) is 1.